The molecule has 0 spiro atoms. The molecule has 1 aliphatic rings. The van der Waals surface area contributed by atoms with Crippen LogP contribution in [-0.4, -0.2) is 36.9 Å². The zero-order chi connectivity index (χ0) is 18.0. The molecule has 0 saturated carbocycles. The van der Waals surface area contributed by atoms with E-state index in [1.54, 1.807) is 12.3 Å². The molecule has 1 aliphatic heterocycles. The first-order valence-electron chi connectivity index (χ1n) is 7.59. The summed E-state index contributed by atoms with van der Waals surface area (Å²) in [6.45, 7) is 0.539. The summed E-state index contributed by atoms with van der Waals surface area (Å²) in [6.07, 6.45) is 4.03. The van der Waals surface area contributed by atoms with Crippen LogP contribution in [0, 0.1) is 5.82 Å². The van der Waals surface area contributed by atoms with Crippen LogP contribution >= 0.6 is 23.2 Å². The fourth-order valence-electron chi connectivity index (χ4n) is 2.64. The van der Waals surface area contributed by atoms with E-state index in [1.165, 1.54) is 16.6 Å². The van der Waals surface area contributed by atoms with Crippen molar-refractivity contribution in [2.45, 2.75) is 23.8 Å². The van der Waals surface area contributed by atoms with Gasteiger partial charge >= 0.3 is 0 Å². The number of pyridine rings is 1. The summed E-state index contributed by atoms with van der Waals surface area (Å²) in [5.41, 5.74) is 0. The molecule has 3 rings (SSSR count). The molecule has 0 aliphatic carbocycles. The van der Waals surface area contributed by atoms with E-state index in [0.717, 1.165) is 12.1 Å². The van der Waals surface area contributed by atoms with Gasteiger partial charge in [-0.1, -0.05) is 23.2 Å². The minimum Gasteiger partial charge on any atom is -0.487 e. The van der Waals surface area contributed by atoms with E-state index < -0.39 is 15.8 Å². The zero-order valence-electron chi connectivity index (χ0n) is 13.0. The molecule has 0 bridgehead atoms. The highest BCUT2D eigenvalue weighted by Crippen LogP contribution is 2.28. The van der Waals surface area contributed by atoms with Crippen LogP contribution in [0.4, 0.5) is 4.39 Å². The van der Waals surface area contributed by atoms with Crippen LogP contribution in [0.2, 0.25) is 10.0 Å². The smallest absolute Gasteiger partial charge is 0.243 e. The summed E-state index contributed by atoms with van der Waals surface area (Å²) in [5.74, 6) is -0.196. The van der Waals surface area contributed by atoms with Crippen LogP contribution in [0.3, 0.4) is 0 Å². The van der Waals surface area contributed by atoms with Crippen LogP contribution in [-0.2, 0) is 10.0 Å². The highest BCUT2D eigenvalue weighted by molar-refractivity contribution is 7.89. The lowest BCUT2D eigenvalue weighted by molar-refractivity contribution is 0.130. The molecule has 0 amide bonds. The van der Waals surface area contributed by atoms with Gasteiger partial charge in [-0.15, -0.1) is 0 Å². The Morgan fingerprint density at radius 1 is 1.24 bits per heavy atom. The minimum absolute atomic E-state index is 0.0403. The molecular formula is C16H15Cl2FN2O3S. The number of rotatable bonds is 4. The van der Waals surface area contributed by atoms with Crippen molar-refractivity contribution in [3.05, 3.63) is 52.5 Å². The number of piperidine rings is 1. The summed E-state index contributed by atoms with van der Waals surface area (Å²) in [4.78, 5) is 3.85. The van der Waals surface area contributed by atoms with Gasteiger partial charge < -0.3 is 4.74 Å². The Kier molecular flexibility index (Phi) is 5.48. The largest absolute Gasteiger partial charge is 0.487 e. The second-order valence-electron chi connectivity index (χ2n) is 5.63. The first-order valence-corrected chi connectivity index (χ1v) is 9.79. The van der Waals surface area contributed by atoms with Crippen LogP contribution in [0.1, 0.15) is 12.8 Å². The zero-order valence-corrected chi connectivity index (χ0v) is 15.4. The third-order valence-electron chi connectivity index (χ3n) is 3.90. The number of aromatic nitrogens is 1. The van der Waals surface area contributed by atoms with Gasteiger partial charge in [0.15, 0.2) is 0 Å². The summed E-state index contributed by atoms with van der Waals surface area (Å²) in [7, 11) is -3.78. The van der Waals surface area contributed by atoms with E-state index in [9.17, 15) is 12.8 Å². The van der Waals surface area contributed by atoms with Crippen molar-refractivity contribution in [3.63, 3.8) is 0 Å². The Bertz CT molecular complexity index is 879. The summed E-state index contributed by atoms with van der Waals surface area (Å²) < 4.78 is 46.0. The molecule has 1 atom stereocenters. The number of hydrogen-bond acceptors (Lipinski definition) is 4. The van der Waals surface area contributed by atoms with Gasteiger partial charge in [-0.25, -0.2) is 12.8 Å². The molecule has 134 valence electrons. The van der Waals surface area contributed by atoms with Crippen LogP contribution < -0.4 is 4.74 Å². The molecule has 9 heteroatoms. The molecule has 1 fully saturated rings. The molecule has 1 unspecified atom stereocenters. The summed E-state index contributed by atoms with van der Waals surface area (Å²) in [6, 6.07) is 5.01. The number of ether oxygens (including phenoxy) is 1. The normalized spacial score (nSPS) is 18.9. The minimum atomic E-state index is -3.78. The second-order valence-corrected chi connectivity index (χ2v) is 8.38. The molecule has 2 aromatic rings. The molecule has 1 saturated heterocycles. The van der Waals surface area contributed by atoms with Gasteiger partial charge in [0, 0.05) is 25.0 Å². The van der Waals surface area contributed by atoms with E-state index in [2.05, 4.69) is 4.98 Å². The molecule has 5 nitrogen and oxygen atoms in total. The fraction of sp³-hybridized carbons (Fsp3) is 0.312. The van der Waals surface area contributed by atoms with Crippen LogP contribution in [0.5, 0.6) is 5.75 Å². The van der Waals surface area contributed by atoms with Gasteiger partial charge in [-0.3, -0.25) is 4.98 Å². The van der Waals surface area contributed by atoms with E-state index >= 15 is 0 Å². The maximum absolute atomic E-state index is 13.3. The Morgan fingerprint density at radius 3 is 2.76 bits per heavy atom. The van der Waals surface area contributed by atoms with Gasteiger partial charge in [-0.2, -0.15) is 4.31 Å². The third kappa shape index (κ3) is 4.06. The highest BCUT2D eigenvalue weighted by atomic mass is 35.5. The van der Waals surface area contributed by atoms with Gasteiger partial charge in [-0.05, 0) is 31.0 Å². The van der Waals surface area contributed by atoms with Crippen molar-refractivity contribution in [1.29, 1.82) is 0 Å². The SMILES string of the molecule is O=S(=O)(c1ccc(F)c(Cl)c1)N1CCCC(Oc2ccncc2Cl)C1. The number of halogens is 3. The second kappa shape index (κ2) is 7.45. The Balaban J connectivity index is 1.78. The van der Waals surface area contributed by atoms with Crippen molar-refractivity contribution in [3.8, 4) is 5.75 Å². The Labute approximate surface area is 155 Å². The van der Waals surface area contributed by atoms with E-state index in [4.69, 9.17) is 27.9 Å². The van der Waals surface area contributed by atoms with Gasteiger partial charge in [0.05, 0.1) is 16.5 Å². The number of benzene rings is 1. The number of sulfonamides is 1. The molecule has 1 aromatic carbocycles. The average Bonchev–Trinajstić information content (AvgIpc) is 2.59. The van der Waals surface area contributed by atoms with Gasteiger partial charge in [0.1, 0.15) is 22.7 Å². The van der Waals surface area contributed by atoms with Crippen molar-refractivity contribution in [2.24, 2.45) is 0 Å². The maximum Gasteiger partial charge on any atom is 0.243 e. The topological polar surface area (TPSA) is 59.5 Å². The molecular weight excluding hydrogens is 390 g/mol. The highest BCUT2D eigenvalue weighted by Gasteiger charge is 2.31. The van der Waals surface area contributed by atoms with Crippen molar-refractivity contribution in [2.75, 3.05) is 13.1 Å². The maximum atomic E-state index is 13.3. The van der Waals surface area contributed by atoms with Crippen molar-refractivity contribution >= 4 is 33.2 Å². The standard InChI is InChI=1S/C16H15Cl2FN2O3S/c17-13-8-12(3-4-15(13)19)25(22,23)21-7-1-2-11(10-21)24-16-5-6-20-9-14(16)18/h3-6,8-9,11H,1-2,7,10H2. The number of hydrogen-bond donors (Lipinski definition) is 0. The predicted molar refractivity (Wildman–Crippen MR) is 93.1 cm³/mol. The lowest BCUT2D eigenvalue weighted by Gasteiger charge is -2.32. The van der Waals surface area contributed by atoms with E-state index in [1.807, 2.05) is 0 Å². The van der Waals surface area contributed by atoms with Gasteiger partial charge in [0.25, 0.3) is 0 Å². The molecule has 0 radical (unpaired) electrons. The summed E-state index contributed by atoms with van der Waals surface area (Å²) in [5, 5.41) is 0.141. The monoisotopic (exact) mass is 404 g/mol. The number of nitrogens with zero attached hydrogens (tertiary/aromatic N) is 2. The van der Waals surface area contributed by atoms with Crippen molar-refractivity contribution in [1.82, 2.24) is 9.29 Å². The average molecular weight is 405 g/mol. The van der Waals surface area contributed by atoms with Crippen LogP contribution in [0.25, 0.3) is 0 Å². The Hall–Kier alpha value is -1.41. The third-order valence-corrected chi connectivity index (χ3v) is 6.33. The molecule has 0 N–H and O–H groups in total. The van der Waals surface area contributed by atoms with E-state index in [-0.39, 0.29) is 22.6 Å². The lowest BCUT2D eigenvalue weighted by atomic mass is 10.1. The van der Waals surface area contributed by atoms with E-state index in [0.29, 0.717) is 30.2 Å². The fourth-order valence-corrected chi connectivity index (χ4v) is 4.59. The Morgan fingerprint density at radius 2 is 2.04 bits per heavy atom. The molecule has 2 heterocycles. The van der Waals surface area contributed by atoms with Gasteiger partial charge in [0.2, 0.25) is 10.0 Å². The van der Waals surface area contributed by atoms with Crippen LogP contribution in [0.15, 0.2) is 41.6 Å². The molecule has 25 heavy (non-hydrogen) atoms. The first kappa shape index (κ1) is 18.4. The van der Waals surface area contributed by atoms with Crippen molar-refractivity contribution < 1.29 is 17.5 Å². The first-order chi connectivity index (χ1) is 11.9. The predicted octanol–water partition coefficient (Wildman–Crippen LogP) is 3.76. The lowest BCUT2D eigenvalue weighted by Crippen LogP contribution is -2.44. The quantitative estimate of drug-likeness (QED) is 0.777. The summed E-state index contributed by atoms with van der Waals surface area (Å²) >= 11 is 11.7. The molecule has 1 aromatic heterocycles.